The van der Waals surface area contributed by atoms with Gasteiger partial charge in [-0.3, -0.25) is 0 Å². The van der Waals surface area contributed by atoms with Crippen molar-refractivity contribution >= 4 is 6.03 Å². The number of hydrogen-bond acceptors (Lipinski definition) is 3. The molecule has 1 atom stereocenters. The van der Waals surface area contributed by atoms with Gasteiger partial charge in [0.05, 0.1) is 6.54 Å². The van der Waals surface area contributed by atoms with Crippen LogP contribution < -0.4 is 10.6 Å². The van der Waals surface area contributed by atoms with Gasteiger partial charge in [0, 0.05) is 6.54 Å². The van der Waals surface area contributed by atoms with Crippen LogP contribution in [0.1, 0.15) is 23.2 Å². The van der Waals surface area contributed by atoms with Gasteiger partial charge in [0.1, 0.15) is 23.4 Å². The summed E-state index contributed by atoms with van der Waals surface area (Å²) in [6.45, 7) is 2.10. The zero-order valence-electron chi connectivity index (χ0n) is 11.6. The molecule has 2 amide bonds. The molecule has 0 bridgehead atoms. The third kappa shape index (κ3) is 4.61. The van der Waals surface area contributed by atoms with Crippen molar-refractivity contribution in [1.82, 2.24) is 10.6 Å². The monoisotopic (exact) mass is 292 g/mol. The van der Waals surface area contributed by atoms with Crippen LogP contribution in [0.3, 0.4) is 0 Å². The lowest BCUT2D eigenvalue weighted by Gasteiger charge is -2.11. The highest BCUT2D eigenvalue weighted by Gasteiger charge is 2.12. The summed E-state index contributed by atoms with van der Waals surface area (Å²) >= 11 is 0. The number of carbonyl (C=O) groups excluding carboxylic acids is 1. The van der Waals surface area contributed by atoms with E-state index in [1.165, 1.54) is 12.1 Å². The first-order chi connectivity index (χ1) is 10.0. The summed E-state index contributed by atoms with van der Waals surface area (Å²) in [5.41, 5.74) is 0.786. The van der Waals surface area contributed by atoms with Crippen molar-refractivity contribution in [2.75, 3.05) is 6.54 Å². The van der Waals surface area contributed by atoms with Crippen molar-refractivity contribution in [3.05, 3.63) is 59.3 Å². The Morgan fingerprint density at radius 2 is 1.95 bits per heavy atom. The standard InChI is InChI=1S/C15H17FN2O3/c1-10-2-7-14(21-10)13(19)9-18-15(20)17-8-11-3-5-12(16)6-4-11/h2-7,13,19H,8-9H2,1H3,(H2,17,18,20). The van der Waals surface area contributed by atoms with Crippen molar-refractivity contribution in [1.29, 1.82) is 0 Å². The third-order valence-corrected chi connectivity index (χ3v) is 2.91. The topological polar surface area (TPSA) is 74.5 Å². The van der Waals surface area contributed by atoms with Gasteiger partial charge in [-0.1, -0.05) is 12.1 Å². The highest BCUT2D eigenvalue weighted by molar-refractivity contribution is 5.73. The Morgan fingerprint density at radius 1 is 1.24 bits per heavy atom. The molecule has 2 aromatic rings. The fourth-order valence-corrected chi connectivity index (χ4v) is 1.77. The average Bonchev–Trinajstić information content (AvgIpc) is 2.91. The molecule has 1 unspecified atom stereocenters. The molecule has 2 rings (SSSR count). The Balaban J connectivity index is 1.73. The number of halogens is 1. The first kappa shape index (κ1) is 15.1. The van der Waals surface area contributed by atoms with Crippen LogP contribution in [0.4, 0.5) is 9.18 Å². The summed E-state index contributed by atoms with van der Waals surface area (Å²) in [5.74, 6) is 0.788. The number of amides is 2. The molecule has 0 aliphatic carbocycles. The average molecular weight is 292 g/mol. The van der Waals surface area contributed by atoms with Gasteiger partial charge in [-0.25, -0.2) is 9.18 Å². The van der Waals surface area contributed by atoms with E-state index in [0.717, 1.165) is 5.56 Å². The molecule has 0 spiro atoms. The molecular weight excluding hydrogens is 275 g/mol. The molecule has 3 N–H and O–H groups in total. The van der Waals surface area contributed by atoms with Crippen LogP contribution in [0.25, 0.3) is 0 Å². The summed E-state index contributed by atoms with van der Waals surface area (Å²) < 4.78 is 18.0. The number of rotatable bonds is 5. The second kappa shape index (κ2) is 6.90. The number of hydrogen-bond donors (Lipinski definition) is 3. The summed E-state index contributed by atoms with van der Waals surface area (Å²) in [4.78, 5) is 11.6. The third-order valence-electron chi connectivity index (χ3n) is 2.91. The number of aliphatic hydroxyl groups excluding tert-OH is 1. The molecule has 0 saturated heterocycles. The molecule has 1 heterocycles. The maximum Gasteiger partial charge on any atom is 0.315 e. The van der Waals surface area contributed by atoms with Gasteiger partial charge < -0.3 is 20.2 Å². The molecule has 112 valence electrons. The zero-order chi connectivity index (χ0) is 15.2. The van der Waals surface area contributed by atoms with Gasteiger partial charge in [0.25, 0.3) is 0 Å². The normalized spacial score (nSPS) is 12.0. The van der Waals surface area contributed by atoms with Crippen molar-refractivity contribution < 1.29 is 18.7 Å². The first-order valence-corrected chi connectivity index (χ1v) is 6.55. The predicted molar refractivity (Wildman–Crippen MR) is 75.0 cm³/mol. The molecule has 0 aliphatic heterocycles. The minimum atomic E-state index is -0.893. The van der Waals surface area contributed by atoms with Crippen molar-refractivity contribution in [3.8, 4) is 0 Å². The Hall–Kier alpha value is -2.34. The van der Waals surface area contributed by atoms with Crippen LogP contribution in [0.5, 0.6) is 0 Å². The van der Waals surface area contributed by atoms with Gasteiger partial charge in [-0.15, -0.1) is 0 Å². The quantitative estimate of drug-likeness (QED) is 0.791. The summed E-state index contributed by atoms with van der Waals surface area (Å²) in [6.07, 6.45) is -0.893. The highest BCUT2D eigenvalue weighted by atomic mass is 19.1. The van der Waals surface area contributed by atoms with Gasteiger partial charge >= 0.3 is 6.03 Å². The fraction of sp³-hybridized carbons (Fsp3) is 0.267. The Kier molecular flexibility index (Phi) is 4.94. The van der Waals surface area contributed by atoms with Crippen LogP contribution in [0.15, 0.2) is 40.8 Å². The second-order valence-electron chi connectivity index (χ2n) is 4.65. The lowest BCUT2D eigenvalue weighted by molar-refractivity contribution is 0.146. The number of aliphatic hydroxyl groups is 1. The molecule has 0 aliphatic rings. The summed E-state index contributed by atoms with van der Waals surface area (Å²) in [7, 11) is 0. The minimum Gasteiger partial charge on any atom is -0.464 e. The number of benzene rings is 1. The molecule has 1 aromatic heterocycles. The maximum absolute atomic E-state index is 12.7. The van der Waals surface area contributed by atoms with Crippen LogP contribution in [-0.2, 0) is 6.54 Å². The van der Waals surface area contributed by atoms with Crippen molar-refractivity contribution in [3.63, 3.8) is 0 Å². The maximum atomic E-state index is 12.7. The van der Waals surface area contributed by atoms with E-state index >= 15 is 0 Å². The molecule has 21 heavy (non-hydrogen) atoms. The molecule has 0 radical (unpaired) electrons. The van der Waals surface area contributed by atoms with E-state index in [1.807, 2.05) is 0 Å². The largest absolute Gasteiger partial charge is 0.464 e. The van der Waals surface area contributed by atoms with E-state index in [1.54, 1.807) is 31.2 Å². The predicted octanol–water partition coefficient (Wildman–Crippen LogP) is 2.26. The molecule has 0 fully saturated rings. The SMILES string of the molecule is Cc1ccc(C(O)CNC(=O)NCc2ccc(F)cc2)o1. The second-order valence-corrected chi connectivity index (χ2v) is 4.65. The minimum absolute atomic E-state index is 0.0439. The number of urea groups is 1. The molecule has 6 heteroatoms. The lowest BCUT2D eigenvalue weighted by Crippen LogP contribution is -2.37. The number of carbonyl (C=O) groups is 1. The molecule has 1 aromatic carbocycles. The molecular formula is C15H17FN2O3. The zero-order valence-corrected chi connectivity index (χ0v) is 11.6. The highest BCUT2D eigenvalue weighted by Crippen LogP contribution is 2.14. The van der Waals surface area contributed by atoms with Crippen LogP contribution >= 0.6 is 0 Å². The molecule has 5 nitrogen and oxygen atoms in total. The van der Waals surface area contributed by atoms with E-state index in [2.05, 4.69) is 10.6 Å². The van der Waals surface area contributed by atoms with E-state index in [-0.39, 0.29) is 18.9 Å². The van der Waals surface area contributed by atoms with Crippen LogP contribution in [0, 0.1) is 12.7 Å². The Labute approximate surface area is 121 Å². The number of furan rings is 1. The van der Waals surface area contributed by atoms with Gasteiger partial charge in [0.15, 0.2) is 0 Å². The Morgan fingerprint density at radius 3 is 2.57 bits per heavy atom. The van der Waals surface area contributed by atoms with E-state index in [0.29, 0.717) is 11.5 Å². The lowest BCUT2D eigenvalue weighted by atomic mass is 10.2. The van der Waals surface area contributed by atoms with Gasteiger partial charge in [-0.05, 0) is 36.8 Å². The van der Waals surface area contributed by atoms with E-state index in [4.69, 9.17) is 4.42 Å². The number of aryl methyl sites for hydroxylation is 1. The molecule has 0 saturated carbocycles. The fourth-order valence-electron chi connectivity index (χ4n) is 1.77. The van der Waals surface area contributed by atoms with E-state index in [9.17, 15) is 14.3 Å². The summed E-state index contributed by atoms with van der Waals surface area (Å²) in [6, 6.07) is 8.84. The van der Waals surface area contributed by atoms with Crippen LogP contribution in [0.2, 0.25) is 0 Å². The van der Waals surface area contributed by atoms with Crippen molar-refractivity contribution in [2.24, 2.45) is 0 Å². The Bertz CT molecular complexity index is 595. The number of nitrogens with one attached hydrogen (secondary N) is 2. The smallest absolute Gasteiger partial charge is 0.315 e. The van der Waals surface area contributed by atoms with Gasteiger partial charge in [-0.2, -0.15) is 0 Å². The summed E-state index contributed by atoms with van der Waals surface area (Å²) in [5, 5.41) is 15.0. The van der Waals surface area contributed by atoms with Crippen LogP contribution in [-0.4, -0.2) is 17.7 Å². The van der Waals surface area contributed by atoms with Gasteiger partial charge in [0.2, 0.25) is 0 Å². The first-order valence-electron chi connectivity index (χ1n) is 6.55. The van der Waals surface area contributed by atoms with E-state index < -0.39 is 12.1 Å². The van der Waals surface area contributed by atoms with Crippen molar-refractivity contribution in [2.45, 2.75) is 19.6 Å².